The van der Waals surface area contributed by atoms with Gasteiger partial charge in [-0.05, 0) is 77.7 Å². The van der Waals surface area contributed by atoms with Crippen molar-refractivity contribution in [2.45, 2.75) is 18.5 Å². The van der Waals surface area contributed by atoms with Crippen molar-refractivity contribution in [3.05, 3.63) is 186 Å². The molecule has 6 aromatic rings. The third-order valence-electron chi connectivity index (χ3n) is 10.9. The predicted molar refractivity (Wildman–Crippen MR) is 194 cm³/mol. The van der Waals surface area contributed by atoms with E-state index in [2.05, 4.69) is 172 Å². The van der Waals surface area contributed by atoms with Gasteiger partial charge in [-0.3, -0.25) is 0 Å². The normalized spacial score (nSPS) is 21.9. The molecular weight excluding hydrogens is 571 g/mol. The minimum absolute atomic E-state index is 0.190. The summed E-state index contributed by atoms with van der Waals surface area (Å²) in [7, 11) is 0. The zero-order valence-electron chi connectivity index (χ0n) is 25.8. The van der Waals surface area contributed by atoms with Gasteiger partial charge in [-0.2, -0.15) is 0 Å². The van der Waals surface area contributed by atoms with Gasteiger partial charge in [0.1, 0.15) is 0 Å². The van der Waals surface area contributed by atoms with Crippen molar-refractivity contribution < 1.29 is 0 Å². The quantitative estimate of drug-likeness (QED) is 0.200. The highest BCUT2D eigenvalue weighted by Crippen LogP contribution is 2.61. The highest BCUT2D eigenvalue weighted by molar-refractivity contribution is 6.10. The van der Waals surface area contributed by atoms with Crippen molar-refractivity contribution in [3.63, 3.8) is 0 Å². The van der Waals surface area contributed by atoms with E-state index in [1.165, 1.54) is 78.1 Å². The minimum Gasteiger partial charge on any atom is -0.334 e. The summed E-state index contributed by atoms with van der Waals surface area (Å²) >= 11 is 0. The highest BCUT2D eigenvalue weighted by Gasteiger charge is 2.56. The van der Waals surface area contributed by atoms with Gasteiger partial charge in [-0.15, -0.1) is 0 Å². The van der Waals surface area contributed by atoms with Gasteiger partial charge < -0.3 is 14.4 Å². The summed E-state index contributed by atoms with van der Waals surface area (Å²) in [5.74, 6) is 0.386. The first-order valence-corrected chi connectivity index (χ1v) is 16.7. The fourth-order valence-electron chi connectivity index (χ4n) is 9.11. The zero-order chi connectivity index (χ0) is 30.6. The summed E-state index contributed by atoms with van der Waals surface area (Å²) in [5.41, 5.74) is 16.0. The first-order valence-electron chi connectivity index (χ1n) is 16.7. The van der Waals surface area contributed by atoms with Gasteiger partial charge in [-0.25, -0.2) is 0 Å². The molecule has 222 valence electrons. The largest absolute Gasteiger partial charge is 0.334 e. The van der Waals surface area contributed by atoms with Crippen LogP contribution in [0.1, 0.15) is 17.5 Å². The van der Waals surface area contributed by atoms with Crippen LogP contribution in [0.4, 0.5) is 11.4 Å². The third-order valence-corrected chi connectivity index (χ3v) is 10.9. The van der Waals surface area contributed by atoms with Gasteiger partial charge in [0.15, 0.2) is 0 Å². The molecule has 1 aromatic heterocycles. The van der Waals surface area contributed by atoms with Crippen LogP contribution in [0.25, 0.3) is 38.6 Å². The Hall–Kier alpha value is -5.80. The SMILES string of the molecule is C1=CCC2C(=C1)C1=CC(c3ccc4c(c3)c3ccccc3n4-c3ccccc3)=CC3C4C(=C2N13)c1ccccc1N4c1ccccc1. The lowest BCUT2D eigenvalue weighted by Crippen LogP contribution is -2.42. The van der Waals surface area contributed by atoms with E-state index in [1.807, 2.05) is 0 Å². The van der Waals surface area contributed by atoms with Crippen molar-refractivity contribution in [2.75, 3.05) is 4.90 Å². The van der Waals surface area contributed by atoms with E-state index in [1.54, 1.807) is 0 Å². The molecule has 3 atom stereocenters. The topological polar surface area (TPSA) is 11.4 Å². The second-order valence-corrected chi connectivity index (χ2v) is 13.2. The maximum atomic E-state index is 2.69. The minimum atomic E-state index is 0.190. The molecule has 5 aromatic carbocycles. The van der Waals surface area contributed by atoms with Gasteiger partial charge in [0.25, 0.3) is 0 Å². The Morgan fingerprint density at radius 1 is 0.638 bits per heavy atom. The molecule has 11 rings (SSSR count). The first kappa shape index (κ1) is 25.4. The van der Waals surface area contributed by atoms with E-state index in [-0.39, 0.29) is 12.1 Å². The number of fused-ring (bicyclic) bond motifs is 10. The molecule has 3 nitrogen and oxygen atoms in total. The number of allylic oxidation sites excluding steroid dienone is 7. The predicted octanol–water partition coefficient (Wildman–Crippen LogP) is 10.2. The standard InChI is InChI=1S/C44H31N3/c1-3-13-30(14-4-1)45-37-21-11-9-18-33(37)36-25-28(23-24-39(36)45)29-26-40-32-17-7-8-19-34(32)43-42-35-20-10-12-22-38(35)46(31-15-5-2-6-16-31)44(42)41(27-29)47(40)43/h1-18,20-27,34,41,44H,19H2. The lowest BCUT2D eigenvalue weighted by molar-refractivity contribution is 0.389. The Balaban J connectivity index is 1.13. The second-order valence-electron chi connectivity index (χ2n) is 13.2. The number of nitrogens with zero attached hydrogens (tertiary/aromatic N) is 3. The van der Waals surface area contributed by atoms with Crippen LogP contribution < -0.4 is 4.90 Å². The zero-order valence-corrected chi connectivity index (χ0v) is 25.8. The molecule has 5 heterocycles. The van der Waals surface area contributed by atoms with E-state index in [9.17, 15) is 0 Å². The van der Waals surface area contributed by atoms with Crippen molar-refractivity contribution in [1.82, 2.24) is 9.47 Å². The van der Waals surface area contributed by atoms with Crippen LogP contribution in [0.3, 0.4) is 0 Å². The Morgan fingerprint density at radius 3 is 2.26 bits per heavy atom. The molecule has 0 spiro atoms. The molecule has 1 aliphatic carbocycles. The summed E-state index contributed by atoms with van der Waals surface area (Å²) in [6.45, 7) is 0. The Bertz CT molecular complexity index is 2450. The van der Waals surface area contributed by atoms with Crippen LogP contribution in [-0.4, -0.2) is 21.6 Å². The van der Waals surface area contributed by atoms with Crippen LogP contribution in [0, 0.1) is 5.92 Å². The summed E-state index contributed by atoms with van der Waals surface area (Å²) in [6, 6.07) is 47.1. The second kappa shape index (κ2) is 9.37. The van der Waals surface area contributed by atoms with E-state index >= 15 is 0 Å². The molecule has 1 saturated heterocycles. The van der Waals surface area contributed by atoms with Crippen LogP contribution >= 0.6 is 0 Å². The Labute approximate surface area is 274 Å². The summed E-state index contributed by atoms with van der Waals surface area (Å²) in [5, 5.41) is 2.58. The summed E-state index contributed by atoms with van der Waals surface area (Å²) < 4.78 is 2.40. The van der Waals surface area contributed by atoms with Crippen molar-refractivity contribution >= 4 is 44.3 Å². The lowest BCUT2D eigenvalue weighted by Gasteiger charge is -2.37. The Morgan fingerprint density at radius 2 is 1.38 bits per heavy atom. The molecule has 3 unspecified atom stereocenters. The van der Waals surface area contributed by atoms with Crippen molar-refractivity contribution in [2.24, 2.45) is 5.92 Å². The fourth-order valence-corrected chi connectivity index (χ4v) is 9.11. The molecule has 1 fully saturated rings. The molecular formula is C44H31N3. The molecule has 0 saturated carbocycles. The number of anilines is 2. The fraction of sp³-hybridized carbons (Fsp3) is 0.0909. The highest BCUT2D eigenvalue weighted by atomic mass is 15.3. The van der Waals surface area contributed by atoms with Gasteiger partial charge in [0.05, 0.1) is 23.1 Å². The lowest BCUT2D eigenvalue weighted by atomic mass is 9.84. The van der Waals surface area contributed by atoms with Gasteiger partial charge in [0.2, 0.25) is 0 Å². The average Bonchev–Trinajstić information content (AvgIpc) is 3.86. The summed E-state index contributed by atoms with van der Waals surface area (Å²) in [6.07, 6.45) is 13.1. The molecule has 4 aliphatic heterocycles. The van der Waals surface area contributed by atoms with E-state index in [0.29, 0.717) is 5.92 Å². The molecule has 0 amide bonds. The van der Waals surface area contributed by atoms with Crippen LogP contribution in [0.15, 0.2) is 175 Å². The van der Waals surface area contributed by atoms with Crippen molar-refractivity contribution in [1.29, 1.82) is 0 Å². The number of rotatable bonds is 3. The third kappa shape index (κ3) is 3.36. The maximum Gasteiger partial charge on any atom is 0.0858 e. The van der Waals surface area contributed by atoms with Gasteiger partial charge >= 0.3 is 0 Å². The molecule has 5 aliphatic rings. The van der Waals surface area contributed by atoms with E-state index in [0.717, 1.165) is 6.42 Å². The van der Waals surface area contributed by atoms with Gasteiger partial charge in [0, 0.05) is 56.3 Å². The molecule has 3 heteroatoms. The van der Waals surface area contributed by atoms with Crippen LogP contribution in [0.2, 0.25) is 0 Å². The van der Waals surface area contributed by atoms with Crippen LogP contribution in [-0.2, 0) is 0 Å². The molecule has 0 radical (unpaired) electrons. The molecule has 0 bridgehead atoms. The van der Waals surface area contributed by atoms with Crippen molar-refractivity contribution in [3.8, 4) is 5.69 Å². The molecule has 47 heavy (non-hydrogen) atoms. The number of hydrogen-bond donors (Lipinski definition) is 0. The number of benzene rings is 5. The van der Waals surface area contributed by atoms with E-state index in [4.69, 9.17) is 0 Å². The van der Waals surface area contributed by atoms with E-state index < -0.39 is 0 Å². The van der Waals surface area contributed by atoms with Gasteiger partial charge in [-0.1, -0.05) is 103 Å². The number of aromatic nitrogens is 1. The van der Waals surface area contributed by atoms with Crippen LogP contribution in [0.5, 0.6) is 0 Å². The number of para-hydroxylation sites is 4. The first-order chi connectivity index (χ1) is 23.3. The smallest absolute Gasteiger partial charge is 0.0858 e. The summed E-state index contributed by atoms with van der Waals surface area (Å²) in [4.78, 5) is 5.30. The Kier molecular flexibility index (Phi) is 5.06. The monoisotopic (exact) mass is 601 g/mol. The average molecular weight is 602 g/mol. The number of hydrogen-bond acceptors (Lipinski definition) is 2. The maximum absolute atomic E-state index is 2.69. The molecule has 0 N–H and O–H groups in total.